The Hall–Kier alpha value is -0.590. The van der Waals surface area contributed by atoms with Crippen molar-refractivity contribution in [2.45, 2.75) is 40.7 Å². The van der Waals surface area contributed by atoms with Crippen molar-refractivity contribution < 1.29 is 0 Å². The monoisotopic (exact) mass is 211 g/mol. The highest BCUT2D eigenvalue weighted by molar-refractivity contribution is 4.88. The van der Waals surface area contributed by atoms with Crippen LogP contribution in [0.15, 0.2) is 0 Å². The smallest absolute Gasteiger partial charge is 0.0666 e. The number of nitriles is 1. The Balaban J connectivity index is 4.56. The molecule has 0 aliphatic rings. The third-order valence-corrected chi connectivity index (χ3v) is 2.80. The summed E-state index contributed by atoms with van der Waals surface area (Å²) in [6, 6.07) is 2.62. The van der Waals surface area contributed by atoms with Crippen molar-refractivity contribution in [3.05, 3.63) is 0 Å². The van der Waals surface area contributed by atoms with E-state index in [9.17, 15) is 0 Å². The lowest BCUT2D eigenvalue weighted by Crippen LogP contribution is -2.49. The molecule has 0 aromatic rings. The van der Waals surface area contributed by atoms with E-state index in [0.717, 1.165) is 13.1 Å². The van der Waals surface area contributed by atoms with Crippen LogP contribution < -0.4 is 5.73 Å². The number of hydrogen-bond donors (Lipinski definition) is 1. The second kappa shape index (κ2) is 6.09. The van der Waals surface area contributed by atoms with Crippen molar-refractivity contribution in [3.63, 3.8) is 0 Å². The first kappa shape index (κ1) is 14.4. The maximum absolute atomic E-state index is 8.83. The molecule has 0 aromatic carbocycles. The minimum absolute atomic E-state index is 0.0707. The summed E-state index contributed by atoms with van der Waals surface area (Å²) in [5.41, 5.74) is 5.99. The molecule has 0 rings (SSSR count). The molecule has 0 heterocycles. The molecule has 88 valence electrons. The number of likely N-dealkylation sites (N-methyl/N-ethyl adjacent to an activating group) is 1. The highest BCUT2D eigenvalue weighted by Gasteiger charge is 2.28. The molecule has 0 amide bonds. The second-order valence-electron chi connectivity index (χ2n) is 5.24. The van der Waals surface area contributed by atoms with Crippen LogP contribution >= 0.6 is 0 Å². The van der Waals surface area contributed by atoms with Crippen molar-refractivity contribution in [1.82, 2.24) is 4.90 Å². The zero-order chi connectivity index (χ0) is 12.1. The molecule has 2 unspecified atom stereocenters. The van der Waals surface area contributed by atoms with Gasteiger partial charge in [-0.3, -0.25) is 4.90 Å². The topological polar surface area (TPSA) is 53.0 Å². The summed E-state index contributed by atoms with van der Waals surface area (Å²) in [7, 11) is 0. The standard InChI is InChI=1S/C12H25N3/c1-6-15(9-10(2)7-13)11(8-14)12(3,4)5/h10-11H,6,8-9,14H2,1-5H3. The van der Waals surface area contributed by atoms with Crippen molar-refractivity contribution in [1.29, 1.82) is 5.26 Å². The summed E-state index contributed by atoms with van der Waals surface area (Å²) < 4.78 is 0. The quantitative estimate of drug-likeness (QED) is 0.755. The van der Waals surface area contributed by atoms with Crippen LogP contribution in [0.5, 0.6) is 0 Å². The number of nitrogens with zero attached hydrogens (tertiary/aromatic N) is 2. The van der Waals surface area contributed by atoms with Crippen molar-refractivity contribution in [3.8, 4) is 6.07 Å². The molecule has 0 aliphatic carbocycles. The van der Waals surface area contributed by atoms with E-state index in [0.29, 0.717) is 12.6 Å². The minimum Gasteiger partial charge on any atom is -0.329 e. The first-order chi connectivity index (χ1) is 6.86. The second-order valence-corrected chi connectivity index (χ2v) is 5.24. The van der Waals surface area contributed by atoms with Crippen molar-refractivity contribution in [2.75, 3.05) is 19.6 Å². The Labute approximate surface area is 94.2 Å². The average Bonchev–Trinajstić information content (AvgIpc) is 2.14. The Bertz CT molecular complexity index is 212. The van der Waals surface area contributed by atoms with Crippen LogP contribution in [0.2, 0.25) is 0 Å². The van der Waals surface area contributed by atoms with E-state index in [2.05, 4.69) is 38.7 Å². The SMILES string of the molecule is CCN(CC(C)C#N)C(CN)C(C)(C)C. The molecule has 15 heavy (non-hydrogen) atoms. The molecule has 0 saturated carbocycles. The van der Waals surface area contributed by atoms with Gasteiger partial charge in [0.2, 0.25) is 0 Å². The molecule has 2 N–H and O–H groups in total. The molecule has 2 atom stereocenters. The van der Waals surface area contributed by atoms with E-state index in [-0.39, 0.29) is 11.3 Å². The van der Waals surface area contributed by atoms with Crippen LogP contribution in [0.3, 0.4) is 0 Å². The molecule has 0 saturated heterocycles. The normalized spacial score (nSPS) is 16.1. The fraction of sp³-hybridized carbons (Fsp3) is 0.917. The van der Waals surface area contributed by atoms with Crippen LogP contribution in [0.1, 0.15) is 34.6 Å². The molecule has 0 bridgehead atoms. The number of rotatable bonds is 5. The molecule has 0 fully saturated rings. The molecule has 3 nitrogen and oxygen atoms in total. The third-order valence-electron chi connectivity index (χ3n) is 2.80. The molecular weight excluding hydrogens is 186 g/mol. The maximum atomic E-state index is 8.83. The summed E-state index contributed by atoms with van der Waals surface area (Å²) in [6.07, 6.45) is 0. The average molecular weight is 211 g/mol. The zero-order valence-electron chi connectivity index (χ0n) is 10.7. The van der Waals surface area contributed by atoms with E-state index < -0.39 is 0 Å². The van der Waals surface area contributed by atoms with E-state index in [1.165, 1.54) is 0 Å². The lowest BCUT2D eigenvalue weighted by Gasteiger charge is -2.39. The molecular formula is C12H25N3. The van der Waals surface area contributed by atoms with Gasteiger partial charge in [0.05, 0.1) is 12.0 Å². The number of nitrogens with two attached hydrogens (primary N) is 1. The van der Waals surface area contributed by atoms with E-state index in [1.807, 2.05) is 6.92 Å². The van der Waals surface area contributed by atoms with Gasteiger partial charge in [-0.05, 0) is 18.9 Å². The Kier molecular flexibility index (Phi) is 5.85. The highest BCUT2D eigenvalue weighted by atomic mass is 15.2. The summed E-state index contributed by atoms with van der Waals surface area (Å²) in [4.78, 5) is 2.31. The van der Waals surface area contributed by atoms with Crippen LogP contribution in [0.4, 0.5) is 0 Å². The predicted octanol–water partition coefficient (Wildman–Crippen LogP) is 1.84. The minimum atomic E-state index is 0.0707. The van der Waals surface area contributed by atoms with Crippen LogP contribution in [0.25, 0.3) is 0 Å². The van der Waals surface area contributed by atoms with Gasteiger partial charge in [0.25, 0.3) is 0 Å². The zero-order valence-corrected chi connectivity index (χ0v) is 10.7. The molecule has 3 heteroatoms. The maximum Gasteiger partial charge on any atom is 0.0666 e. The summed E-state index contributed by atoms with van der Waals surface area (Å²) in [5, 5.41) is 8.83. The van der Waals surface area contributed by atoms with Gasteiger partial charge in [0.15, 0.2) is 0 Å². The van der Waals surface area contributed by atoms with Gasteiger partial charge in [-0.15, -0.1) is 0 Å². The largest absolute Gasteiger partial charge is 0.329 e. The Morgan fingerprint density at radius 3 is 2.20 bits per heavy atom. The summed E-state index contributed by atoms with van der Waals surface area (Å²) in [5.74, 6) is 0.0707. The molecule has 0 aliphatic heterocycles. The van der Waals surface area contributed by atoms with Gasteiger partial charge in [0, 0.05) is 19.1 Å². The van der Waals surface area contributed by atoms with Gasteiger partial charge in [0.1, 0.15) is 0 Å². The Morgan fingerprint density at radius 1 is 1.40 bits per heavy atom. The van der Waals surface area contributed by atoms with Gasteiger partial charge in [-0.25, -0.2) is 0 Å². The van der Waals surface area contributed by atoms with Gasteiger partial charge >= 0.3 is 0 Å². The lowest BCUT2D eigenvalue weighted by molar-refractivity contribution is 0.103. The first-order valence-corrected chi connectivity index (χ1v) is 5.70. The Morgan fingerprint density at radius 2 is 1.93 bits per heavy atom. The van der Waals surface area contributed by atoms with Crippen LogP contribution in [0, 0.1) is 22.7 Å². The van der Waals surface area contributed by atoms with E-state index in [1.54, 1.807) is 0 Å². The summed E-state index contributed by atoms with van der Waals surface area (Å²) in [6.45, 7) is 13.1. The van der Waals surface area contributed by atoms with E-state index >= 15 is 0 Å². The summed E-state index contributed by atoms with van der Waals surface area (Å²) >= 11 is 0. The lowest BCUT2D eigenvalue weighted by atomic mass is 9.85. The predicted molar refractivity (Wildman–Crippen MR) is 64.3 cm³/mol. The van der Waals surface area contributed by atoms with Crippen LogP contribution in [-0.2, 0) is 0 Å². The molecule has 0 spiro atoms. The van der Waals surface area contributed by atoms with Crippen molar-refractivity contribution >= 4 is 0 Å². The molecule has 0 radical (unpaired) electrons. The fourth-order valence-electron chi connectivity index (χ4n) is 1.92. The van der Waals surface area contributed by atoms with Gasteiger partial charge in [-0.2, -0.15) is 5.26 Å². The van der Waals surface area contributed by atoms with Gasteiger partial charge in [-0.1, -0.05) is 27.7 Å². The first-order valence-electron chi connectivity index (χ1n) is 5.70. The fourth-order valence-corrected chi connectivity index (χ4v) is 1.92. The third kappa shape index (κ3) is 4.63. The van der Waals surface area contributed by atoms with E-state index in [4.69, 9.17) is 11.0 Å². The number of hydrogen-bond acceptors (Lipinski definition) is 3. The molecule has 0 aromatic heterocycles. The van der Waals surface area contributed by atoms with Crippen LogP contribution in [-0.4, -0.2) is 30.6 Å². The van der Waals surface area contributed by atoms with Gasteiger partial charge < -0.3 is 5.73 Å². The van der Waals surface area contributed by atoms with Crippen molar-refractivity contribution in [2.24, 2.45) is 17.1 Å². The highest BCUT2D eigenvalue weighted by Crippen LogP contribution is 2.24.